The normalized spacial score (nSPS) is 11.4. The molecule has 1 aromatic carbocycles. The number of sulfonamides is 1. The van der Waals surface area contributed by atoms with Crippen molar-refractivity contribution in [3.8, 4) is 0 Å². The number of hydrogen-bond donors (Lipinski definition) is 2. The number of imidazole rings is 1. The molecule has 0 saturated heterocycles. The maximum atomic E-state index is 12.1. The highest BCUT2D eigenvalue weighted by Crippen LogP contribution is 2.20. The predicted molar refractivity (Wildman–Crippen MR) is 78.0 cm³/mol. The lowest BCUT2D eigenvalue weighted by atomic mass is 10.3. The SMILES string of the molecule is CCNS(=O)(=O)c1ccccc1NCCn1ccnc1. The van der Waals surface area contributed by atoms with Crippen molar-refractivity contribution in [3.63, 3.8) is 0 Å². The molecule has 0 bridgehead atoms. The molecule has 0 radical (unpaired) electrons. The zero-order valence-corrected chi connectivity index (χ0v) is 12.1. The van der Waals surface area contributed by atoms with E-state index in [0.29, 0.717) is 18.8 Å². The third kappa shape index (κ3) is 3.58. The number of para-hydroxylation sites is 1. The van der Waals surface area contributed by atoms with Gasteiger partial charge in [-0.05, 0) is 12.1 Å². The van der Waals surface area contributed by atoms with E-state index in [1.807, 2.05) is 16.8 Å². The first-order chi connectivity index (χ1) is 9.63. The monoisotopic (exact) mass is 294 g/mol. The molecule has 2 rings (SSSR count). The molecule has 0 fully saturated rings. The number of rotatable bonds is 7. The molecular formula is C13H18N4O2S. The Morgan fingerprint density at radius 2 is 2.10 bits per heavy atom. The highest BCUT2D eigenvalue weighted by molar-refractivity contribution is 7.89. The minimum Gasteiger partial charge on any atom is -0.382 e. The molecule has 0 amide bonds. The van der Waals surface area contributed by atoms with Crippen molar-refractivity contribution >= 4 is 15.7 Å². The van der Waals surface area contributed by atoms with Crippen LogP contribution in [0.5, 0.6) is 0 Å². The number of hydrogen-bond acceptors (Lipinski definition) is 4. The molecule has 0 atom stereocenters. The van der Waals surface area contributed by atoms with Crippen LogP contribution in [0.2, 0.25) is 0 Å². The van der Waals surface area contributed by atoms with Crippen molar-refractivity contribution in [2.24, 2.45) is 0 Å². The van der Waals surface area contributed by atoms with Crippen LogP contribution in [0.25, 0.3) is 0 Å². The molecule has 1 heterocycles. The lowest BCUT2D eigenvalue weighted by Crippen LogP contribution is -2.24. The summed E-state index contributed by atoms with van der Waals surface area (Å²) in [5, 5.41) is 3.15. The number of nitrogens with zero attached hydrogens (tertiary/aromatic N) is 2. The highest BCUT2D eigenvalue weighted by Gasteiger charge is 2.16. The fourth-order valence-corrected chi connectivity index (χ4v) is 3.08. The Kier molecular flexibility index (Phi) is 4.75. The van der Waals surface area contributed by atoms with E-state index >= 15 is 0 Å². The molecule has 2 N–H and O–H groups in total. The van der Waals surface area contributed by atoms with Crippen molar-refractivity contribution in [3.05, 3.63) is 43.0 Å². The zero-order chi connectivity index (χ0) is 14.4. The second-order valence-corrected chi connectivity index (χ2v) is 5.96. The van der Waals surface area contributed by atoms with Crippen LogP contribution in [0, 0.1) is 0 Å². The molecule has 108 valence electrons. The first-order valence-corrected chi connectivity index (χ1v) is 7.90. The first kappa shape index (κ1) is 14.5. The molecule has 7 heteroatoms. The van der Waals surface area contributed by atoms with Crippen LogP contribution in [0.15, 0.2) is 47.9 Å². The van der Waals surface area contributed by atoms with E-state index in [1.165, 1.54) is 0 Å². The molecule has 0 spiro atoms. The molecular weight excluding hydrogens is 276 g/mol. The van der Waals surface area contributed by atoms with Gasteiger partial charge in [-0.1, -0.05) is 19.1 Å². The fraction of sp³-hybridized carbons (Fsp3) is 0.308. The number of anilines is 1. The third-order valence-electron chi connectivity index (χ3n) is 2.76. The molecule has 6 nitrogen and oxygen atoms in total. The van der Waals surface area contributed by atoms with E-state index in [4.69, 9.17) is 0 Å². The summed E-state index contributed by atoms with van der Waals surface area (Å²) in [7, 11) is -3.46. The largest absolute Gasteiger partial charge is 0.382 e. The van der Waals surface area contributed by atoms with Crippen LogP contribution in [0.3, 0.4) is 0 Å². The van der Waals surface area contributed by atoms with E-state index in [0.717, 1.165) is 6.54 Å². The van der Waals surface area contributed by atoms with Gasteiger partial charge in [0.25, 0.3) is 0 Å². The number of nitrogens with one attached hydrogen (secondary N) is 2. The van der Waals surface area contributed by atoms with Crippen molar-refractivity contribution in [1.82, 2.24) is 14.3 Å². The van der Waals surface area contributed by atoms with Gasteiger partial charge in [0.2, 0.25) is 10.0 Å². The fourth-order valence-electron chi connectivity index (χ4n) is 1.85. The van der Waals surface area contributed by atoms with Gasteiger partial charge in [0.05, 0.1) is 12.0 Å². The Morgan fingerprint density at radius 3 is 2.80 bits per heavy atom. The summed E-state index contributed by atoms with van der Waals surface area (Å²) >= 11 is 0. The van der Waals surface area contributed by atoms with E-state index in [2.05, 4.69) is 15.0 Å². The van der Waals surface area contributed by atoms with Gasteiger partial charge < -0.3 is 9.88 Å². The van der Waals surface area contributed by atoms with Gasteiger partial charge in [-0.2, -0.15) is 0 Å². The van der Waals surface area contributed by atoms with Crippen molar-refractivity contribution in [1.29, 1.82) is 0 Å². The Morgan fingerprint density at radius 1 is 1.30 bits per heavy atom. The van der Waals surface area contributed by atoms with Crippen LogP contribution in [0.4, 0.5) is 5.69 Å². The maximum absolute atomic E-state index is 12.1. The molecule has 0 saturated carbocycles. The van der Waals surface area contributed by atoms with Crippen LogP contribution in [0.1, 0.15) is 6.92 Å². The molecule has 0 unspecified atom stereocenters. The van der Waals surface area contributed by atoms with Gasteiger partial charge in [-0.15, -0.1) is 0 Å². The molecule has 1 aromatic heterocycles. The van der Waals surface area contributed by atoms with Gasteiger partial charge in [0.1, 0.15) is 4.90 Å². The van der Waals surface area contributed by atoms with Gasteiger partial charge in [0, 0.05) is 32.0 Å². The van der Waals surface area contributed by atoms with Gasteiger partial charge in [-0.25, -0.2) is 18.1 Å². The minimum absolute atomic E-state index is 0.271. The lowest BCUT2D eigenvalue weighted by Gasteiger charge is -2.12. The molecule has 2 aromatic rings. The Labute approximate surface area is 118 Å². The van der Waals surface area contributed by atoms with Gasteiger partial charge in [-0.3, -0.25) is 0 Å². The molecule has 0 aliphatic heterocycles. The van der Waals surface area contributed by atoms with Crippen molar-refractivity contribution in [2.45, 2.75) is 18.4 Å². The average molecular weight is 294 g/mol. The van der Waals surface area contributed by atoms with Crippen molar-refractivity contribution < 1.29 is 8.42 Å². The van der Waals surface area contributed by atoms with E-state index in [-0.39, 0.29) is 4.90 Å². The highest BCUT2D eigenvalue weighted by atomic mass is 32.2. The van der Waals surface area contributed by atoms with Gasteiger partial charge in [0.15, 0.2) is 0 Å². The van der Waals surface area contributed by atoms with Crippen molar-refractivity contribution in [2.75, 3.05) is 18.4 Å². The summed E-state index contributed by atoms with van der Waals surface area (Å²) in [6.45, 7) is 3.46. The van der Waals surface area contributed by atoms with E-state index < -0.39 is 10.0 Å². The summed E-state index contributed by atoms with van der Waals surface area (Å²) in [6.07, 6.45) is 5.30. The number of aromatic nitrogens is 2. The molecule has 0 aliphatic carbocycles. The Balaban J connectivity index is 2.08. The smallest absolute Gasteiger partial charge is 0.242 e. The topological polar surface area (TPSA) is 76.0 Å². The van der Waals surface area contributed by atoms with E-state index in [1.54, 1.807) is 37.6 Å². The van der Waals surface area contributed by atoms with Crippen LogP contribution >= 0.6 is 0 Å². The summed E-state index contributed by atoms with van der Waals surface area (Å²) in [5.41, 5.74) is 0.605. The van der Waals surface area contributed by atoms with Crippen LogP contribution in [-0.2, 0) is 16.6 Å². The average Bonchev–Trinajstić information content (AvgIpc) is 2.92. The minimum atomic E-state index is -3.46. The summed E-state index contributed by atoms with van der Waals surface area (Å²) in [4.78, 5) is 4.23. The Bertz CT molecular complexity index is 638. The molecule has 20 heavy (non-hydrogen) atoms. The first-order valence-electron chi connectivity index (χ1n) is 6.42. The quantitative estimate of drug-likeness (QED) is 0.807. The summed E-state index contributed by atoms with van der Waals surface area (Å²) in [6, 6.07) is 6.88. The Hall–Kier alpha value is -1.86. The predicted octanol–water partition coefficient (Wildman–Crippen LogP) is 1.29. The zero-order valence-electron chi connectivity index (χ0n) is 11.3. The van der Waals surface area contributed by atoms with E-state index in [9.17, 15) is 8.42 Å². The number of benzene rings is 1. The third-order valence-corrected chi connectivity index (χ3v) is 4.36. The summed E-state index contributed by atoms with van der Waals surface area (Å²) < 4.78 is 28.6. The second-order valence-electron chi connectivity index (χ2n) is 4.22. The standard InChI is InChI=1S/C13H18N4O2S/c1-2-16-20(18,19)13-6-4-3-5-12(13)15-8-10-17-9-7-14-11-17/h3-7,9,11,15-16H,2,8,10H2,1H3. The maximum Gasteiger partial charge on any atom is 0.242 e. The summed E-state index contributed by atoms with van der Waals surface area (Å²) in [5.74, 6) is 0. The molecule has 0 aliphatic rings. The second kappa shape index (κ2) is 6.53. The lowest BCUT2D eigenvalue weighted by molar-refractivity contribution is 0.584. The van der Waals surface area contributed by atoms with Gasteiger partial charge >= 0.3 is 0 Å². The van der Waals surface area contributed by atoms with Crippen LogP contribution in [-0.4, -0.2) is 31.1 Å². The van der Waals surface area contributed by atoms with Crippen LogP contribution < -0.4 is 10.0 Å².